The molecule has 6 nitrogen and oxygen atoms in total. The highest BCUT2D eigenvalue weighted by molar-refractivity contribution is 8.00. The van der Waals surface area contributed by atoms with Crippen LogP contribution in [0.15, 0.2) is 31.8 Å². The number of ether oxygens (including phenoxy) is 1. The van der Waals surface area contributed by atoms with Crippen LogP contribution in [0.1, 0.15) is 18.1 Å². The Balaban J connectivity index is 1.78. The molecule has 0 radical (unpaired) electrons. The van der Waals surface area contributed by atoms with Gasteiger partial charge in [-0.2, -0.15) is 0 Å². The number of nitrogens with one attached hydrogen (secondary N) is 1. The Bertz CT molecular complexity index is 958. The molecule has 0 spiro atoms. The molecule has 0 aliphatic heterocycles. The van der Waals surface area contributed by atoms with Crippen LogP contribution in [-0.2, 0) is 16.9 Å². The van der Waals surface area contributed by atoms with Crippen LogP contribution in [0, 0.1) is 0 Å². The van der Waals surface area contributed by atoms with E-state index in [1.165, 1.54) is 29.2 Å². The summed E-state index contributed by atoms with van der Waals surface area (Å²) in [7, 11) is 1.65. The van der Waals surface area contributed by atoms with Gasteiger partial charge in [0, 0.05) is 35.9 Å². The van der Waals surface area contributed by atoms with E-state index in [1.54, 1.807) is 7.11 Å². The van der Waals surface area contributed by atoms with Crippen LogP contribution in [0.5, 0.6) is 0 Å². The van der Waals surface area contributed by atoms with Crippen molar-refractivity contribution < 1.29 is 9.15 Å². The number of aryl methyl sites for hydroxylation is 1. The summed E-state index contributed by atoms with van der Waals surface area (Å²) in [6.45, 7) is 3.30. The van der Waals surface area contributed by atoms with Crippen molar-refractivity contribution in [3.63, 3.8) is 0 Å². The van der Waals surface area contributed by atoms with Crippen LogP contribution in [-0.4, -0.2) is 30.5 Å². The summed E-state index contributed by atoms with van der Waals surface area (Å²) in [6.07, 6.45) is 0.779. The van der Waals surface area contributed by atoms with Gasteiger partial charge in [-0.3, -0.25) is 0 Å². The van der Waals surface area contributed by atoms with Crippen molar-refractivity contribution >= 4 is 50.8 Å². The third-order valence-corrected chi connectivity index (χ3v) is 6.13. The normalized spacial score (nSPS) is 11.2. The molecule has 0 aliphatic carbocycles. The van der Waals surface area contributed by atoms with Gasteiger partial charge in [0.05, 0.1) is 6.61 Å². The first kappa shape index (κ1) is 19.2. The van der Waals surface area contributed by atoms with Gasteiger partial charge in [-0.15, -0.1) is 10.2 Å². The maximum absolute atomic E-state index is 11.9. The standard InChI is InChI=1S/C17H18ClN3O3S2/c1-3-10-6-14-12(8-13(10)18)11(7-15(22)24-14)9-25-17-21-20-16(26-17)19-4-5-23-2/h6-8H,3-5,9H2,1-2H3,(H,19,20). The second-order valence-corrected chi connectivity index (χ2v) is 8.07. The van der Waals surface area contributed by atoms with E-state index >= 15 is 0 Å². The summed E-state index contributed by atoms with van der Waals surface area (Å²) >= 11 is 9.32. The number of aromatic nitrogens is 2. The van der Waals surface area contributed by atoms with Crippen LogP contribution in [0.25, 0.3) is 11.0 Å². The SMILES string of the molecule is CCc1cc2oc(=O)cc(CSc3nnc(NCCOC)s3)c2cc1Cl. The molecule has 2 aromatic heterocycles. The first-order chi connectivity index (χ1) is 12.6. The third kappa shape index (κ3) is 4.56. The summed E-state index contributed by atoms with van der Waals surface area (Å²) in [5.41, 5.74) is 2.03. The van der Waals surface area contributed by atoms with Crippen molar-refractivity contribution in [1.29, 1.82) is 0 Å². The van der Waals surface area contributed by atoms with Crippen molar-refractivity contribution in [2.24, 2.45) is 0 Å². The van der Waals surface area contributed by atoms with Gasteiger partial charge in [-0.25, -0.2) is 4.79 Å². The molecule has 0 saturated carbocycles. The lowest BCUT2D eigenvalue weighted by molar-refractivity contribution is 0.211. The quantitative estimate of drug-likeness (QED) is 0.338. The Hall–Kier alpha value is -1.61. The summed E-state index contributed by atoms with van der Waals surface area (Å²) in [4.78, 5) is 11.9. The number of halogens is 1. The molecule has 0 unspecified atom stereocenters. The molecular weight excluding hydrogens is 394 g/mol. The molecule has 9 heteroatoms. The maximum Gasteiger partial charge on any atom is 0.336 e. The number of rotatable bonds is 8. The van der Waals surface area contributed by atoms with Crippen molar-refractivity contribution in [2.45, 2.75) is 23.4 Å². The molecule has 0 aliphatic rings. The lowest BCUT2D eigenvalue weighted by Gasteiger charge is -2.07. The molecule has 0 amide bonds. The van der Waals surface area contributed by atoms with Gasteiger partial charge in [0.1, 0.15) is 5.58 Å². The Morgan fingerprint density at radius 3 is 2.92 bits per heavy atom. The van der Waals surface area contributed by atoms with Gasteiger partial charge < -0.3 is 14.5 Å². The lowest BCUT2D eigenvalue weighted by Crippen LogP contribution is -2.06. The summed E-state index contributed by atoms with van der Waals surface area (Å²) in [5.74, 6) is 0.580. The minimum Gasteiger partial charge on any atom is -0.423 e. The second kappa shape index (κ2) is 8.85. The molecule has 1 aromatic carbocycles. The van der Waals surface area contributed by atoms with Gasteiger partial charge >= 0.3 is 5.63 Å². The number of hydrogen-bond donors (Lipinski definition) is 1. The molecule has 0 saturated heterocycles. The van der Waals surface area contributed by atoms with Gasteiger partial charge in [-0.05, 0) is 29.7 Å². The van der Waals surface area contributed by atoms with E-state index in [0.717, 1.165) is 32.4 Å². The molecule has 26 heavy (non-hydrogen) atoms. The Morgan fingerprint density at radius 1 is 1.31 bits per heavy atom. The fourth-order valence-electron chi connectivity index (χ4n) is 2.42. The molecule has 0 fully saturated rings. The number of benzene rings is 1. The first-order valence-electron chi connectivity index (χ1n) is 8.05. The van der Waals surface area contributed by atoms with E-state index in [4.69, 9.17) is 20.8 Å². The van der Waals surface area contributed by atoms with Crippen molar-refractivity contribution in [3.8, 4) is 0 Å². The minimum absolute atomic E-state index is 0.364. The van der Waals surface area contributed by atoms with E-state index in [9.17, 15) is 4.79 Å². The number of fused-ring (bicyclic) bond motifs is 1. The Morgan fingerprint density at radius 2 is 2.15 bits per heavy atom. The number of anilines is 1. The van der Waals surface area contributed by atoms with E-state index in [1.807, 2.05) is 19.1 Å². The van der Waals surface area contributed by atoms with Crippen LogP contribution in [0.3, 0.4) is 0 Å². The predicted molar refractivity (Wildman–Crippen MR) is 107 cm³/mol. The number of thioether (sulfide) groups is 1. The highest BCUT2D eigenvalue weighted by atomic mass is 35.5. The maximum atomic E-state index is 11.9. The molecule has 1 N–H and O–H groups in total. The third-order valence-electron chi connectivity index (χ3n) is 3.72. The summed E-state index contributed by atoms with van der Waals surface area (Å²) in [6, 6.07) is 5.22. The smallest absolute Gasteiger partial charge is 0.336 e. The van der Waals surface area contributed by atoms with Gasteiger partial charge in [0.15, 0.2) is 4.34 Å². The molecule has 3 rings (SSSR count). The van der Waals surface area contributed by atoms with Crippen LogP contribution in [0.4, 0.5) is 5.13 Å². The van der Waals surface area contributed by atoms with E-state index < -0.39 is 0 Å². The number of methoxy groups -OCH3 is 1. The average Bonchev–Trinajstić information content (AvgIpc) is 3.07. The average molecular weight is 412 g/mol. The van der Waals surface area contributed by atoms with Crippen LogP contribution < -0.4 is 10.9 Å². The molecule has 0 bridgehead atoms. The Kier molecular flexibility index (Phi) is 6.53. The van der Waals surface area contributed by atoms with Gasteiger partial charge in [0.2, 0.25) is 5.13 Å². The van der Waals surface area contributed by atoms with Gasteiger partial charge in [-0.1, -0.05) is 41.6 Å². The largest absolute Gasteiger partial charge is 0.423 e. The zero-order valence-electron chi connectivity index (χ0n) is 14.4. The molecule has 2 heterocycles. The van der Waals surface area contributed by atoms with Gasteiger partial charge in [0.25, 0.3) is 0 Å². The van der Waals surface area contributed by atoms with Crippen LogP contribution >= 0.6 is 34.7 Å². The highest BCUT2D eigenvalue weighted by Crippen LogP contribution is 2.32. The van der Waals surface area contributed by atoms with E-state index in [0.29, 0.717) is 29.5 Å². The second-order valence-electron chi connectivity index (χ2n) is 5.47. The highest BCUT2D eigenvalue weighted by Gasteiger charge is 2.11. The fraction of sp³-hybridized carbons (Fsp3) is 0.353. The molecule has 138 valence electrons. The zero-order chi connectivity index (χ0) is 18.5. The topological polar surface area (TPSA) is 77.2 Å². The summed E-state index contributed by atoms with van der Waals surface area (Å²) in [5, 5.41) is 13.7. The monoisotopic (exact) mass is 411 g/mol. The van der Waals surface area contributed by atoms with Crippen molar-refractivity contribution in [2.75, 3.05) is 25.6 Å². The minimum atomic E-state index is -0.364. The van der Waals surface area contributed by atoms with Crippen molar-refractivity contribution in [3.05, 3.63) is 44.8 Å². The van der Waals surface area contributed by atoms with E-state index in [2.05, 4.69) is 15.5 Å². The zero-order valence-corrected chi connectivity index (χ0v) is 16.8. The lowest BCUT2D eigenvalue weighted by atomic mass is 10.1. The number of hydrogen-bond acceptors (Lipinski definition) is 8. The summed E-state index contributed by atoms with van der Waals surface area (Å²) < 4.78 is 11.2. The molecular formula is C17H18ClN3O3S2. The Labute approximate surface area is 163 Å². The first-order valence-corrected chi connectivity index (χ1v) is 10.2. The number of nitrogens with zero attached hydrogens (tertiary/aromatic N) is 2. The molecule has 0 atom stereocenters. The van der Waals surface area contributed by atoms with Crippen LogP contribution in [0.2, 0.25) is 5.02 Å². The fourth-order valence-corrected chi connectivity index (χ4v) is 4.48. The van der Waals surface area contributed by atoms with E-state index in [-0.39, 0.29) is 5.63 Å². The van der Waals surface area contributed by atoms with Crippen molar-refractivity contribution in [1.82, 2.24) is 10.2 Å². The molecule has 3 aromatic rings. The predicted octanol–water partition coefficient (Wildman–Crippen LogP) is 4.21.